The number of hydrogen-bond acceptors (Lipinski definition) is 5. The molecule has 25 heavy (non-hydrogen) atoms. The second-order valence-electron chi connectivity index (χ2n) is 6.78. The highest BCUT2D eigenvalue weighted by molar-refractivity contribution is 6.04. The molecule has 2 heterocycles. The van der Waals surface area contributed by atoms with Gasteiger partial charge in [0.1, 0.15) is 0 Å². The summed E-state index contributed by atoms with van der Waals surface area (Å²) in [6.45, 7) is 4.22. The molecule has 0 bridgehead atoms. The highest BCUT2D eigenvalue weighted by atomic mass is 16.6. The molecule has 3 atom stereocenters. The zero-order chi connectivity index (χ0) is 18.0. The Morgan fingerprint density at radius 2 is 1.84 bits per heavy atom. The molecular formula is C19H26N2O4. The van der Waals surface area contributed by atoms with Crippen LogP contribution in [-0.2, 0) is 9.63 Å². The van der Waals surface area contributed by atoms with Crippen molar-refractivity contribution in [2.75, 3.05) is 14.2 Å². The molecular weight excluding hydrogens is 320 g/mol. The molecule has 1 aromatic rings. The summed E-state index contributed by atoms with van der Waals surface area (Å²) in [5.41, 5.74) is 1.64. The van der Waals surface area contributed by atoms with E-state index in [4.69, 9.17) is 14.3 Å². The number of likely N-dealkylation sites (tertiary alicyclic amines) is 1. The van der Waals surface area contributed by atoms with E-state index in [2.05, 4.69) is 19.0 Å². The summed E-state index contributed by atoms with van der Waals surface area (Å²) in [7, 11) is 3.20. The summed E-state index contributed by atoms with van der Waals surface area (Å²) >= 11 is 0. The van der Waals surface area contributed by atoms with E-state index in [9.17, 15) is 4.79 Å². The number of carbonyl (C=O) groups excluding carboxylic acids is 1. The van der Waals surface area contributed by atoms with Gasteiger partial charge in [0.15, 0.2) is 11.5 Å². The number of piperidine rings is 1. The van der Waals surface area contributed by atoms with Gasteiger partial charge in [-0.1, -0.05) is 5.16 Å². The molecule has 1 fully saturated rings. The molecule has 2 aliphatic rings. The first kappa shape index (κ1) is 17.6. The van der Waals surface area contributed by atoms with Crippen molar-refractivity contribution in [1.29, 1.82) is 0 Å². The summed E-state index contributed by atoms with van der Waals surface area (Å²) in [5, 5.41) is 4.16. The van der Waals surface area contributed by atoms with Crippen LogP contribution in [0.2, 0.25) is 0 Å². The van der Waals surface area contributed by atoms with Crippen LogP contribution in [0, 0.1) is 0 Å². The van der Waals surface area contributed by atoms with Crippen LogP contribution >= 0.6 is 0 Å². The molecule has 6 nitrogen and oxygen atoms in total. The Balaban J connectivity index is 1.71. The molecule has 0 unspecified atom stereocenters. The van der Waals surface area contributed by atoms with Crippen molar-refractivity contribution in [3.63, 3.8) is 0 Å². The normalized spacial score (nSPS) is 26.0. The van der Waals surface area contributed by atoms with Gasteiger partial charge in [-0.05, 0) is 51.3 Å². The molecule has 1 saturated heterocycles. The van der Waals surface area contributed by atoms with E-state index in [0.717, 1.165) is 24.1 Å². The molecule has 0 spiro atoms. The number of amides is 1. The van der Waals surface area contributed by atoms with Gasteiger partial charge in [-0.15, -0.1) is 0 Å². The van der Waals surface area contributed by atoms with Crippen LogP contribution < -0.4 is 9.47 Å². The number of benzene rings is 1. The molecule has 0 aromatic heterocycles. The lowest BCUT2D eigenvalue weighted by molar-refractivity contribution is -0.148. The maximum Gasteiger partial charge on any atom is 0.267 e. The Morgan fingerprint density at radius 3 is 2.48 bits per heavy atom. The molecule has 0 N–H and O–H groups in total. The van der Waals surface area contributed by atoms with Gasteiger partial charge in [0.25, 0.3) is 5.91 Å². The zero-order valence-corrected chi connectivity index (χ0v) is 15.3. The van der Waals surface area contributed by atoms with Gasteiger partial charge < -0.3 is 19.2 Å². The minimum Gasteiger partial charge on any atom is -0.493 e. The van der Waals surface area contributed by atoms with E-state index in [0.29, 0.717) is 17.9 Å². The molecule has 0 radical (unpaired) electrons. The van der Waals surface area contributed by atoms with Crippen LogP contribution in [0.25, 0.3) is 0 Å². The molecule has 136 valence electrons. The van der Waals surface area contributed by atoms with E-state index in [1.165, 1.54) is 6.42 Å². The fraction of sp³-hybridized carbons (Fsp3) is 0.579. The van der Waals surface area contributed by atoms with Gasteiger partial charge in [-0.2, -0.15) is 0 Å². The molecule has 6 heteroatoms. The minimum atomic E-state index is -0.536. The average Bonchev–Trinajstić information content (AvgIpc) is 3.11. The summed E-state index contributed by atoms with van der Waals surface area (Å²) in [4.78, 5) is 20.4. The quantitative estimate of drug-likeness (QED) is 0.841. The topological polar surface area (TPSA) is 60.4 Å². The predicted octanol–water partition coefficient (Wildman–Crippen LogP) is 2.99. The van der Waals surface area contributed by atoms with Crippen molar-refractivity contribution in [3.8, 4) is 11.5 Å². The molecule has 0 saturated carbocycles. The van der Waals surface area contributed by atoms with Crippen LogP contribution in [-0.4, -0.2) is 48.9 Å². The summed E-state index contributed by atoms with van der Waals surface area (Å²) < 4.78 is 10.6. The summed E-state index contributed by atoms with van der Waals surface area (Å²) in [6, 6.07) is 6.11. The Bertz CT molecular complexity index is 663. The third-order valence-electron chi connectivity index (χ3n) is 5.11. The molecule has 1 aromatic carbocycles. The van der Waals surface area contributed by atoms with Crippen molar-refractivity contribution < 1.29 is 19.1 Å². The van der Waals surface area contributed by atoms with Crippen LogP contribution in [0.3, 0.4) is 0 Å². The third-order valence-corrected chi connectivity index (χ3v) is 5.11. The van der Waals surface area contributed by atoms with Gasteiger partial charge >= 0.3 is 0 Å². The second-order valence-corrected chi connectivity index (χ2v) is 6.78. The fourth-order valence-corrected chi connectivity index (χ4v) is 3.72. The van der Waals surface area contributed by atoms with E-state index < -0.39 is 6.10 Å². The monoisotopic (exact) mass is 346 g/mol. The smallest absolute Gasteiger partial charge is 0.267 e. The first-order valence-electron chi connectivity index (χ1n) is 8.82. The number of rotatable bonds is 4. The lowest BCUT2D eigenvalue weighted by atomic mass is 9.95. The van der Waals surface area contributed by atoms with Gasteiger partial charge in [-0.25, -0.2) is 0 Å². The third kappa shape index (κ3) is 3.43. The molecule has 2 aliphatic heterocycles. The van der Waals surface area contributed by atoms with Crippen molar-refractivity contribution in [1.82, 2.24) is 4.90 Å². The summed E-state index contributed by atoms with van der Waals surface area (Å²) in [6.07, 6.45) is 3.21. The molecule has 3 rings (SSSR count). The maximum absolute atomic E-state index is 12.9. The largest absolute Gasteiger partial charge is 0.493 e. The standard InChI is InChI=1S/C19H26N2O4/c1-12-6-5-7-13(2)21(12)19(22)18-11-15(20-25-18)14-8-9-16(23-3)17(10-14)24-4/h8-10,12-13,18H,5-7,11H2,1-4H3/t12-,13-,18-/m0/s1. The van der Waals surface area contributed by atoms with Gasteiger partial charge in [0.2, 0.25) is 6.10 Å². The van der Waals surface area contributed by atoms with Crippen molar-refractivity contribution in [2.45, 2.75) is 57.7 Å². The number of oxime groups is 1. The predicted molar refractivity (Wildman–Crippen MR) is 95.2 cm³/mol. The zero-order valence-electron chi connectivity index (χ0n) is 15.3. The van der Waals surface area contributed by atoms with Crippen LogP contribution in [0.4, 0.5) is 0 Å². The number of carbonyl (C=O) groups is 1. The summed E-state index contributed by atoms with van der Waals surface area (Å²) in [5.74, 6) is 1.34. The van der Waals surface area contributed by atoms with Crippen molar-refractivity contribution >= 4 is 11.6 Å². The van der Waals surface area contributed by atoms with Crippen LogP contribution in [0.1, 0.15) is 45.1 Å². The number of hydrogen-bond donors (Lipinski definition) is 0. The van der Waals surface area contributed by atoms with Gasteiger partial charge in [0, 0.05) is 24.1 Å². The molecule has 0 aliphatic carbocycles. The molecule has 1 amide bonds. The minimum absolute atomic E-state index is 0.0407. The van der Waals surface area contributed by atoms with E-state index >= 15 is 0 Å². The average molecular weight is 346 g/mol. The van der Waals surface area contributed by atoms with Crippen molar-refractivity contribution in [3.05, 3.63) is 23.8 Å². The Hall–Kier alpha value is -2.24. The second kappa shape index (κ2) is 7.33. The number of nitrogens with zero attached hydrogens (tertiary/aromatic N) is 2. The van der Waals surface area contributed by atoms with E-state index in [1.807, 2.05) is 23.1 Å². The Morgan fingerprint density at radius 1 is 1.16 bits per heavy atom. The van der Waals surface area contributed by atoms with Crippen LogP contribution in [0.15, 0.2) is 23.4 Å². The van der Waals surface area contributed by atoms with Gasteiger partial charge in [0.05, 0.1) is 19.9 Å². The number of ether oxygens (including phenoxy) is 2. The first-order valence-corrected chi connectivity index (χ1v) is 8.82. The maximum atomic E-state index is 12.9. The Labute approximate surface area is 148 Å². The SMILES string of the molecule is COc1ccc(C2=NO[C@H](C(=O)N3[C@@H](C)CCC[C@@H]3C)C2)cc1OC. The van der Waals surface area contributed by atoms with Crippen molar-refractivity contribution in [2.24, 2.45) is 5.16 Å². The lowest BCUT2D eigenvalue weighted by Crippen LogP contribution is -2.51. The van der Waals surface area contributed by atoms with Crippen LogP contribution in [0.5, 0.6) is 11.5 Å². The Kier molecular flexibility index (Phi) is 5.16. The number of methoxy groups -OCH3 is 2. The highest BCUT2D eigenvalue weighted by Gasteiger charge is 2.37. The highest BCUT2D eigenvalue weighted by Crippen LogP contribution is 2.31. The lowest BCUT2D eigenvalue weighted by Gasteiger charge is -2.39. The first-order chi connectivity index (χ1) is 12.0. The van der Waals surface area contributed by atoms with E-state index in [1.54, 1.807) is 14.2 Å². The van der Waals surface area contributed by atoms with Gasteiger partial charge in [-0.3, -0.25) is 4.79 Å². The van der Waals surface area contributed by atoms with E-state index in [-0.39, 0.29) is 18.0 Å². The fourth-order valence-electron chi connectivity index (χ4n) is 3.72.